The number of nitrogens with one attached hydrogen (secondary N) is 2. The van der Waals surface area contributed by atoms with Gasteiger partial charge in [0.1, 0.15) is 4.32 Å². The van der Waals surface area contributed by atoms with Gasteiger partial charge in [0.15, 0.2) is 5.25 Å². The lowest BCUT2D eigenvalue weighted by atomic mass is 10.2. The zero-order valence-electron chi connectivity index (χ0n) is 10.9. The van der Waals surface area contributed by atoms with Gasteiger partial charge < -0.3 is 10.6 Å². The van der Waals surface area contributed by atoms with Gasteiger partial charge in [-0.25, -0.2) is 0 Å². The Morgan fingerprint density at radius 1 is 1.35 bits per heavy atom. The Balaban J connectivity index is 2.18. The van der Waals surface area contributed by atoms with Crippen molar-refractivity contribution in [2.45, 2.75) is 11.4 Å². The van der Waals surface area contributed by atoms with Gasteiger partial charge in [0.25, 0.3) is 5.91 Å². The number of halogens is 4. The fourth-order valence-electron chi connectivity index (χ4n) is 1.63. The molecule has 1 aliphatic heterocycles. The van der Waals surface area contributed by atoms with Crippen molar-refractivity contribution in [2.75, 3.05) is 5.32 Å². The summed E-state index contributed by atoms with van der Waals surface area (Å²) in [7, 11) is 0. The number of hydrogen-bond donors (Lipinski definition) is 2. The molecule has 1 aliphatic rings. The van der Waals surface area contributed by atoms with E-state index in [9.17, 15) is 27.6 Å². The number of thioether (sulfide) groups is 1. The SMILES string of the molecule is O=C(Nc1cc(C(F)(F)F)ccc1Cl)C(=O)[C@@H]1SC(=S)NC1=O. The van der Waals surface area contributed by atoms with Crippen LogP contribution < -0.4 is 10.6 Å². The van der Waals surface area contributed by atoms with Crippen molar-refractivity contribution in [2.24, 2.45) is 0 Å². The zero-order chi connectivity index (χ0) is 17.4. The van der Waals surface area contributed by atoms with Gasteiger partial charge in [-0.1, -0.05) is 35.6 Å². The maximum Gasteiger partial charge on any atom is 0.416 e. The van der Waals surface area contributed by atoms with Crippen molar-refractivity contribution in [3.05, 3.63) is 28.8 Å². The van der Waals surface area contributed by atoms with Gasteiger partial charge in [0.05, 0.1) is 16.3 Å². The number of hydrogen-bond acceptors (Lipinski definition) is 5. The molecule has 122 valence electrons. The molecule has 1 saturated heterocycles. The van der Waals surface area contributed by atoms with E-state index < -0.39 is 34.6 Å². The number of carbonyl (C=O) groups is 3. The Morgan fingerprint density at radius 3 is 2.52 bits per heavy atom. The molecular weight excluding hydrogens is 377 g/mol. The molecule has 2 N–H and O–H groups in total. The molecule has 11 heteroatoms. The van der Waals surface area contributed by atoms with E-state index in [1.807, 2.05) is 5.32 Å². The van der Waals surface area contributed by atoms with Crippen LogP contribution in [0.15, 0.2) is 18.2 Å². The standard InChI is InChI=1S/C12H6ClF3N2O3S2/c13-5-2-1-4(12(14,15)16)3-6(5)17-9(20)7(19)8-10(21)18-11(22)23-8/h1-3,8H,(H,17,20)(H,18,21,22)/t8-/m0/s1. The molecule has 2 rings (SSSR count). The Hall–Kier alpha value is -1.65. The van der Waals surface area contributed by atoms with E-state index in [4.69, 9.17) is 11.6 Å². The second-order valence-electron chi connectivity index (χ2n) is 4.29. The number of ketones is 1. The van der Waals surface area contributed by atoms with Gasteiger partial charge in [-0.2, -0.15) is 13.2 Å². The maximum absolute atomic E-state index is 12.6. The molecule has 23 heavy (non-hydrogen) atoms. The summed E-state index contributed by atoms with van der Waals surface area (Å²) in [5.74, 6) is -3.15. The molecule has 1 aromatic rings. The van der Waals surface area contributed by atoms with Gasteiger partial charge in [0.2, 0.25) is 11.7 Å². The molecule has 0 saturated carbocycles. The molecule has 0 spiro atoms. The number of Topliss-reactive ketones (excluding diaryl/α,β-unsaturated/α-hetero) is 1. The second kappa shape index (κ2) is 6.46. The minimum Gasteiger partial charge on any atom is -0.318 e. The Bertz CT molecular complexity index is 724. The first kappa shape index (κ1) is 17.7. The summed E-state index contributed by atoms with van der Waals surface area (Å²) in [4.78, 5) is 35.1. The molecule has 1 heterocycles. The molecule has 0 bridgehead atoms. The molecule has 1 aromatic carbocycles. The van der Waals surface area contributed by atoms with Crippen LogP contribution in [0.3, 0.4) is 0 Å². The predicted octanol–water partition coefficient (Wildman–Crippen LogP) is 2.38. The topological polar surface area (TPSA) is 75.3 Å². The summed E-state index contributed by atoms with van der Waals surface area (Å²) >= 11 is 11.1. The fourth-order valence-corrected chi connectivity index (χ4v) is 2.94. The van der Waals surface area contributed by atoms with Crippen molar-refractivity contribution in [1.82, 2.24) is 5.32 Å². The molecule has 0 aliphatic carbocycles. The van der Waals surface area contributed by atoms with E-state index in [1.54, 1.807) is 0 Å². The Morgan fingerprint density at radius 2 is 2.00 bits per heavy atom. The number of rotatable bonds is 3. The number of thiocarbonyl (C=S) groups is 1. The average Bonchev–Trinajstić information content (AvgIpc) is 2.77. The molecular formula is C12H6ClF3N2O3S2. The first-order valence-corrected chi connectivity index (χ1v) is 7.49. The summed E-state index contributed by atoms with van der Waals surface area (Å²) < 4.78 is 38.0. The summed E-state index contributed by atoms with van der Waals surface area (Å²) in [6, 6.07) is 2.27. The van der Waals surface area contributed by atoms with E-state index in [2.05, 4.69) is 17.5 Å². The smallest absolute Gasteiger partial charge is 0.318 e. The van der Waals surface area contributed by atoms with Crippen LogP contribution in [-0.2, 0) is 20.6 Å². The third kappa shape index (κ3) is 4.01. The van der Waals surface area contributed by atoms with Crippen LogP contribution in [0.1, 0.15) is 5.56 Å². The van der Waals surface area contributed by atoms with Gasteiger partial charge in [-0.3, -0.25) is 14.4 Å². The van der Waals surface area contributed by atoms with Crippen molar-refractivity contribution in [3.63, 3.8) is 0 Å². The molecule has 0 unspecified atom stereocenters. The van der Waals surface area contributed by atoms with E-state index in [0.717, 1.165) is 12.1 Å². The van der Waals surface area contributed by atoms with Crippen molar-refractivity contribution >= 4 is 63.2 Å². The van der Waals surface area contributed by atoms with E-state index >= 15 is 0 Å². The van der Waals surface area contributed by atoms with E-state index in [1.165, 1.54) is 0 Å². The fraction of sp³-hybridized carbons (Fsp3) is 0.167. The molecule has 0 aromatic heterocycles. The number of benzene rings is 1. The first-order chi connectivity index (χ1) is 10.6. The normalized spacial score (nSPS) is 17.8. The Kier molecular flexibility index (Phi) is 4.97. The maximum atomic E-state index is 12.6. The summed E-state index contributed by atoms with van der Waals surface area (Å²) in [5.41, 5.74) is -1.43. The summed E-state index contributed by atoms with van der Waals surface area (Å²) in [5, 5.41) is 2.61. The highest BCUT2D eigenvalue weighted by molar-refractivity contribution is 8.25. The third-order valence-corrected chi connectivity index (χ3v) is 4.39. The molecule has 0 radical (unpaired) electrons. The van der Waals surface area contributed by atoms with Gasteiger partial charge in [-0.05, 0) is 18.2 Å². The minimum atomic E-state index is -4.64. The summed E-state index contributed by atoms with van der Waals surface area (Å²) in [6.45, 7) is 0. The number of alkyl halides is 3. The van der Waals surface area contributed by atoms with Crippen molar-refractivity contribution in [3.8, 4) is 0 Å². The third-order valence-electron chi connectivity index (χ3n) is 2.69. The van der Waals surface area contributed by atoms with Crippen molar-refractivity contribution < 1.29 is 27.6 Å². The lowest BCUT2D eigenvalue weighted by Gasteiger charge is -2.12. The largest absolute Gasteiger partial charge is 0.416 e. The van der Waals surface area contributed by atoms with E-state index in [-0.39, 0.29) is 15.0 Å². The lowest BCUT2D eigenvalue weighted by molar-refractivity contribution is -0.137. The molecule has 5 nitrogen and oxygen atoms in total. The summed E-state index contributed by atoms with van der Waals surface area (Å²) in [6.07, 6.45) is -4.64. The number of carbonyl (C=O) groups excluding carboxylic acids is 3. The van der Waals surface area contributed by atoms with Gasteiger partial charge >= 0.3 is 6.18 Å². The predicted molar refractivity (Wildman–Crippen MR) is 82.2 cm³/mol. The van der Waals surface area contributed by atoms with Crippen LogP contribution in [0.4, 0.5) is 18.9 Å². The van der Waals surface area contributed by atoms with Gasteiger partial charge in [0, 0.05) is 0 Å². The highest BCUT2D eigenvalue weighted by atomic mass is 35.5. The second-order valence-corrected chi connectivity index (χ2v) is 6.47. The van der Waals surface area contributed by atoms with Crippen molar-refractivity contribution in [1.29, 1.82) is 0 Å². The minimum absolute atomic E-state index is 0.0400. The average molecular weight is 383 g/mol. The Labute approximate surface area is 141 Å². The monoisotopic (exact) mass is 382 g/mol. The molecule has 1 atom stereocenters. The van der Waals surface area contributed by atoms with Crippen LogP contribution >= 0.6 is 35.6 Å². The lowest BCUT2D eigenvalue weighted by Crippen LogP contribution is -2.37. The highest BCUT2D eigenvalue weighted by Gasteiger charge is 2.39. The number of amides is 2. The number of anilines is 1. The molecule has 1 fully saturated rings. The van der Waals surface area contributed by atoms with E-state index in [0.29, 0.717) is 17.8 Å². The quantitative estimate of drug-likeness (QED) is 0.477. The first-order valence-electron chi connectivity index (χ1n) is 5.83. The highest BCUT2D eigenvalue weighted by Crippen LogP contribution is 2.34. The van der Waals surface area contributed by atoms with Crippen LogP contribution in [0, 0.1) is 0 Å². The van der Waals surface area contributed by atoms with Crippen LogP contribution in [-0.4, -0.2) is 27.2 Å². The van der Waals surface area contributed by atoms with Crippen LogP contribution in [0.2, 0.25) is 5.02 Å². The van der Waals surface area contributed by atoms with Gasteiger partial charge in [-0.15, -0.1) is 0 Å². The van der Waals surface area contributed by atoms with Crippen LogP contribution in [0.5, 0.6) is 0 Å². The molecule has 2 amide bonds. The van der Waals surface area contributed by atoms with Crippen LogP contribution in [0.25, 0.3) is 0 Å². The zero-order valence-corrected chi connectivity index (χ0v) is 13.3.